The van der Waals surface area contributed by atoms with Crippen molar-refractivity contribution in [2.24, 2.45) is 0 Å². The van der Waals surface area contributed by atoms with E-state index >= 15 is 0 Å². The molecule has 1 aromatic heterocycles. The van der Waals surface area contributed by atoms with Gasteiger partial charge in [0, 0.05) is 18.9 Å². The molecule has 0 aliphatic rings. The molecule has 4 nitrogen and oxygen atoms in total. The van der Waals surface area contributed by atoms with Crippen LogP contribution >= 0.6 is 0 Å². The number of hydrogen-bond acceptors (Lipinski definition) is 3. The minimum Gasteiger partial charge on any atom is -0.365 e. The first-order chi connectivity index (χ1) is 6.49. The Bertz CT molecular complexity index is 347. The third-order valence-corrected chi connectivity index (χ3v) is 1.41. The Balaban J connectivity index is 2.47. The zero-order valence-corrected chi connectivity index (χ0v) is 7.06. The highest BCUT2D eigenvalue weighted by Crippen LogP contribution is 2.18. The van der Waals surface area contributed by atoms with Crippen LogP contribution in [-0.2, 0) is 0 Å². The number of aromatic nitrogens is 2. The first-order valence-electron chi connectivity index (χ1n) is 3.83. The van der Waals surface area contributed by atoms with Crippen LogP contribution in [0.25, 0.3) is 0 Å². The van der Waals surface area contributed by atoms with Gasteiger partial charge in [0.15, 0.2) is 5.82 Å². The van der Waals surface area contributed by atoms with E-state index in [1.165, 1.54) is 12.4 Å². The lowest BCUT2D eigenvalue weighted by molar-refractivity contribution is -0.131. The van der Waals surface area contributed by atoms with Crippen molar-refractivity contribution in [3.63, 3.8) is 0 Å². The van der Waals surface area contributed by atoms with Crippen molar-refractivity contribution in [2.45, 2.75) is 12.6 Å². The van der Waals surface area contributed by atoms with Gasteiger partial charge in [-0.05, 0) is 0 Å². The van der Waals surface area contributed by atoms with Gasteiger partial charge in [-0.3, -0.25) is 4.79 Å². The van der Waals surface area contributed by atoms with E-state index in [1.54, 1.807) is 0 Å². The van der Waals surface area contributed by atoms with Gasteiger partial charge in [0.25, 0.3) is 5.56 Å². The summed E-state index contributed by atoms with van der Waals surface area (Å²) < 4.78 is 35.1. The molecule has 0 bridgehead atoms. The van der Waals surface area contributed by atoms with E-state index in [4.69, 9.17) is 0 Å². The second-order valence-corrected chi connectivity index (χ2v) is 2.56. The molecule has 1 rings (SSSR count). The lowest BCUT2D eigenvalue weighted by Crippen LogP contribution is -2.20. The Morgan fingerprint density at radius 3 is 2.79 bits per heavy atom. The summed E-state index contributed by atoms with van der Waals surface area (Å²) in [5, 5.41) is 2.29. The normalized spacial score (nSPS) is 11.4. The van der Waals surface area contributed by atoms with E-state index in [-0.39, 0.29) is 12.4 Å². The van der Waals surface area contributed by atoms with E-state index < -0.39 is 18.2 Å². The number of aromatic amines is 1. The zero-order chi connectivity index (χ0) is 10.6. The largest absolute Gasteiger partial charge is 0.390 e. The maximum absolute atomic E-state index is 11.7. The van der Waals surface area contributed by atoms with E-state index in [9.17, 15) is 18.0 Å². The lowest BCUT2D eigenvalue weighted by Gasteiger charge is -2.06. The molecule has 7 heteroatoms. The molecule has 0 atom stereocenters. The summed E-state index contributed by atoms with van der Waals surface area (Å²) >= 11 is 0. The smallest absolute Gasteiger partial charge is 0.365 e. The van der Waals surface area contributed by atoms with Gasteiger partial charge in [-0.25, -0.2) is 4.98 Å². The summed E-state index contributed by atoms with van der Waals surface area (Å²) in [6, 6.07) is 0. The molecule has 0 spiro atoms. The molecule has 78 valence electrons. The van der Waals surface area contributed by atoms with Gasteiger partial charge in [0.05, 0.1) is 6.42 Å². The molecule has 14 heavy (non-hydrogen) atoms. The van der Waals surface area contributed by atoms with E-state index in [2.05, 4.69) is 15.3 Å². The molecule has 0 amide bonds. The Morgan fingerprint density at radius 2 is 2.21 bits per heavy atom. The van der Waals surface area contributed by atoms with Crippen LogP contribution in [0.15, 0.2) is 17.2 Å². The van der Waals surface area contributed by atoms with Crippen molar-refractivity contribution in [1.82, 2.24) is 9.97 Å². The van der Waals surface area contributed by atoms with Gasteiger partial charge >= 0.3 is 6.18 Å². The van der Waals surface area contributed by atoms with Gasteiger partial charge in [-0.1, -0.05) is 0 Å². The Morgan fingerprint density at radius 1 is 1.50 bits per heavy atom. The molecule has 0 aliphatic heterocycles. The van der Waals surface area contributed by atoms with E-state index in [0.29, 0.717) is 0 Å². The van der Waals surface area contributed by atoms with Crippen LogP contribution in [0.1, 0.15) is 6.42 Å². The highest BCUT2D eigenvalue weighted by molar-refractivity contribution is 5.29. The van der Waals surface area contributed by atoms with Crippen molar-refractivity contribution >= 4 is 5.82 Å². The summed E-state index contributed by atoms with van der Waals surface area (Å²) in [5.41, 5.74) is -0.533. The maximum atomic E-state index is 11.7. The Labute approximate surface area is 77.2 Å². The first-order valence-corrected chi connectivity index (χ1v) is 3.83. The molecule has 1 aromatic rings. The standard InChI is InChI=1S/C7H8F3N3O/c8-7(9,10)1-2-11-5-6(14)13-4-3-12-5/h3-4H,1-2H2,(H,11,12)(H,13,14). The summed E-state index contributed by atoms with van der Waals surface area (Å²) in [6.45, 7) is -0.358. The second kappa shape index (κ2) is 4.12. The van der Waals surface area contributed by atoms with Gasteiger partial charge in [0.2, 0.25) is 0 Å². The highest BCUT2D eigenvalue weighted by atomic mass is 19.4. The zero-order valence-electron chi connectivity index (χ0n) is 7.06. The van der Waals surface area contributed by atoms with Crippen molar-refractivity contribution in [1.29, 1.82) is 0 Å². The average molecular weight is 207 g/mol. The second-order valence-electron chi connectivity index (χ2n) is 2.56. The van der Waals surface area contributed by atoms with Gasteiger partial charge in [-0.15, -0.1) is 0 Å². The molecule has 0 unspecified atom stereocenters. The topological polar surface area (TPSA) is 57.8 Å². The predicted molar refractivity (Wildman–Crippen MR) is 44.0 cm³/mol. The van der Waals surface area contributed by atoms with Crippen molar-refractivity contribution < 1.29 is 13.2 Å². The number of H-pyrrole nitrogens is 1. The van der Waals surface area contributed by atoms with Gasteiger partial charge in [-0.2, -0.15) is 13.2 Å². The molecular formula is C7H8F3N3O. The third-order valence-electron chi connectivity index (χ3n) is 1.41. The molecule has 2 N–H and O–H groups in total. The average Bonchev–Trinajstić information content (AvgIpc) is 2.06. The van der Waals surface area contributed by atoms with Crippen LogP contribution in [0.5, 0.6) is 0 Å². The van der Waals surface area contributed by atoms with Crippen LogP contribution in [0.4, 0.5) is 19.0 Å². The van der Waals surface area contributed by atoms with Crippen LogP contribution in [0, 0.1) is 0 Å². The SMILES string of the molecule is O=c1[nH]ccnc1NCCC(F)(F)F. The first kappa shape index (κ1) is 10.6. The number of hydrogen-bond donors (Lipinski definition) is 2. The maximum Gasteiger partial charge on any atom is 0.390 e. The van der Waals surface area contributed by atoms with Crippen LogP contribution in [-0.4, -0.2) is 22.7 Å². The number of anilines is 1. The predicted octanol–water partition coefficient (Wildman–Crippen LogP) is 1.13. The van der Waals surface area contributed by atoms with Crippen molar-refractivity contribution in [3.05, 3.63) is 22.7 Å². The van der Waals surface area contributed by atoms with Crippen molar-refractivity contribution in [3.8, 4) is 0 Å². The molecule has 0 aliphatic carbocycles. The van der Waals surface area contributed by atoms with E-state index in [0.717, 1.165) is 0 Å². The number of nitrogens with one attached hydrogen (secondary N) is 2. The van der Waals surface area contributed by atoms with E-state index in [1.807, 2.05) is 0 Å². The molecular weight excluding hydrogens is 199 g/mol. The number of rotatable bonds is 3. The molecule has 1 heterocycles. The summed E-state index contributed by atoms with van der Waals surface area (Å²) in [6.07, 6.45) is -2.63. The highest BCUT2D eigenvalue weighted by Gasteiger charge is 2.26. The monoisotopic (exact) mass is 207 g/mol. The van der Waals surface area contributed by atoms with Gasteiger partial charge < -0.3 is 10.3 Å². The molecule has 0 aromatic carbocycles. The fraction of sp³-hybridized carbons (Fsp3) is 0.429. The quantitative estimate of drug-likeness (QED) is 0.781. The fourth-order valence-electron chi connectivity index (χ4n) is 0.800. The summed E-state index contributed by atoms with van der Waals surface area (Å²) in [4.78, 5) is 16.8. The number of alkyl halides is 3. The third kappa shape index (κ3) is 3.46. The molecule has 0 radical (unpaired) electrons. The summed E-state index contributed by atoms with van der Waals surface area (Å²) in [7, 11) is 0. The molecule has 0 fully saturated rings. The number of nitrogens with zero attached hydrogens (tertiary/aromatic N) is 1. The van der Waals surface area contributed by atoms with Gasteiger partial charge in [0.1, 0.15) is 0 Å². The lowest BCUT2D eigenvalue weighted by atomic mass is 10.4. The molecule has 0 saturated heterocycles. The number of halogens is 3. The van der Waals surface area contributed by atoms with Crippen LogP contribution < -0.4 is 10.9 Å². The molecule has 0 saturated carbocycles. The minimum absolute atomic E-state index is 0.100. The van der Waals surface area contributed by atoms with Crippen LogP contribution in [0.3, 0.4) is 0 Å². The minimum atomic E-state index is -4.23. The Kier molecular flexibility index (Phi) is 3.10. The fourth-order valence-corrected chi connectivity index (χ4v) is 0.800. The Hall–Kier alpha value is -1.53. The van der Waals surface area contributed by atoms with Crippen molar-refractivity contribution in [2.75, 3.05) is 11.9 Å². The van der Waals surface area contributed by atoms with Crippen LogP contribution in [0.2, 0.25) is 0 Å². The summed E-state index contributed by atoms with van der Waals surface area (Å²) in [5.74, 6) is -0.100.